The van der Waals surface area contributed by atoms with Crippen molar-refractivity contribution in [2.45, 2.75) is 25.8 Å². The van der Waals surface area contributed by atoms with Crippen LogP contribution < -0.4 is 16.4 Å². The Hall–Kier alpha value is -4.22. The van der Waals surface area contributed by atoms with Crippen molar-refractivity contribution in [3.05, 3.63) is 120 Å². The second kappa shape index (κ2) is 14.5. The van der Waals surface area contributed by atoms with Gasteiger partial charge in [0.25, 0.3) is 0 Å². The van der Waals surface area contributed by atoms with E-state index in [2.05, 4.69) is 71.3 Å². The van der Waals surface area contributed by atoms with Crippen LogP contribution in [-0.2, 0) is 22.4 Å². The lowest BCUT2D eigenvalue weighted by atomic mass is 9.98. The van der Waals surface area contributed by atoms with E-state index in [1.54, 1.807) is 14.1 Å². The van der Waals surface area contributed by atoms with Gasteiger partial charge in [-0.05, 0) is 46.2 Å². The van der Waals surface area contributed by atoms with E-state index in [0.717, 1.165) is 17.5 Å². The van der Waals surface area contributed by atoms with Crippen LogP contribution in [0.25, 0.3) is 22.3 Å². The average Bonchev–Trinajstić information content (AvgIpc) is 2.98. The third-order valence-corrected chi connectivity index (χ3v) is 6.40. The Bertz CT molecular complexity index is 1170. The molecule has 196 valence electrons. The molecule has 0 aliphatic heterocycles. The molecule has 0 bridgehead atoms. The molecular formula is C33H37N3O2. The molecule has 2 atom stereocenters. The highest BCUT2D eigenvalue weighted by molar-refractivity contribution is 5.81. The van der Waals surface area contributed by atoms with Crippen LogP contribution in [0.5, 0.6) is 0 Å². The molecule has 4 rings (SSSR count). The van der Waals surface area contributed by atoms with Crippen molar-refractivity contribution in [1.82, 2.24) is 10.6 Å². The summed E-state index contributed by atoms with van der Waals surface area (Å²) in [7, 11) is 3.28. The summed E-state index contributed by atoms with van der Waals surface area (Å²) < 4.78 is 0. The van der Waals surface area contributed by atoms with E-state index in [4.69, 9.17) is 5.73 Å². The lowest BCUT2D eigenvalue weighted by molar-refractivity contribution is -0.124. The standard InChI is InChI=1S/C17H19NO.C16H18N2O/c1-13(17(19)18-2)12-14-8-10-16(11-9-14)15-6-4-3-5-7-15;1-18-16(19)15(17)11-12-7-9-14(10-8-12)13-5-3-2-4-6-13/h3-11,13H,12H2,1-2H3,(H,18,19);2-10,15H,11,17H2,1H3,(H,18,19)/t13-;15-/m00/s1. The molecule has 0 saturated heterocycles. The van der Waals surface area contributed by atoms with Gasteiger partial charge in [-0.3, -0.25) is 9.59 Å². The SMILES string of the molecule is CNC(=O)[C@@H](C)Cc1ccc(-c2ccccc2)cc1.CNC(=O)[C@@H](N)Cc1ccc(-c2ccccc2)cc1. The Morgan fingerprint density at radius 2 is 0.947 bits per heavy atom. The van der Waals surface area contributed by atoms with Crippen molar-refractivity contribution in [3.8, 4) is 22.3 Å². The van der Waals surface area contributed by atoms with Gasteiger partial charge in [0.2, 0.25) is 11.8 Å². The molecule has 0 aliphatic rings. The lowest BCUT2D eigenvalue weighted by Crippen LogP contribution is -2.40. The van der Waals surface area contributed by atoms with Gasteiger partial charge in [-0.1, -0.05) is 116 Å². The van der Waals surface area contributed by atoms with Crippen LogP contribution in [0.2, 0.25) is 0 Å². The van der Waals surface area contributed by atoms with Crippen LogP contribution in [0.1, 0.15) is 18.1 Å². The molecule has 38 heavy (non-hydrogen) atoms. The molecule has 0 fully saturated rings. The smallest absolute Gasteiger partial charge is 0.237 e. The van der Waals surface area contributed by atoms with Gasteiger partial charge in [0.15, 0.2) is 0 Å². The first kappa shape index (κ1) is 28.4. The van der Waals surface area contributed by atoms with E-state index in [9.17, 15) is 9.59 Å². The van der Waals surface area contributed by atoms with Gasteiger partial charge in [0.05, 0.1) is 6.04 Å². The molecule has 4 aromatic carbocycles. The van der Waals surface area contributed by atoms with Crippen molar-refractivity contribution in [1.29, 1.82) is 0 Å². The normalized spacial score (nSPS) is 11.9. The van der Waals surface area contributed by atoms with Gasteiger partial charge < -0.3 is 16.4 Å². The maximum atomic E-state index is 11.5. The second-order valence-corrected chi connectivity index (χ2v) is 9.27. The monoisotopic (exact) mass is 507 g/mol. The lowest BCUT2D eigenvalue weighted by Gasteiger charge is -2.10. The molecule has 0 aliphatic carbocycles. The van der Waals surface area contributed by atoms with Gasteiger partial charge in [0, 0.05) is 20.0 Å². The number of amides is 2. The van der Waals surface area contributed by atoms with Crippen molar-refractivity contribution in [3.63, 3.8) is 0 Å². The van der Waals surface area contributed by atoms with Crippen molar-refractivity contribution < 1.29 is 9.59 Å². The maximum Gasteiger partial charge on any atom is 0.237 e. The fourth-order valence-corrected chi connectivity index (χ4v) is 4.15. The minimum absolute atomic E-state index is 0.00701. The average molecular weight is 508 g/mol. The number of hydrogen-bond donors (Lipinski definition) is 3. The molecular weight excluding hydrogens is 470 g/mol. The highest BCUT2D eigenvalue weighted by atomic mass is 16.2. The molecule has 5 heteroatoms. The molecule has 0 saturated carbocycles. The van der Waals surface area contributed by atoms with E-state index >= 15 is 0 Å². The number of nitrogens with one attached hydrogen (secondary N) is 2. The van der Waals surface area contributed by atoms with Crippen molar-refractivity contribution >= 4 is 11.8 Å². The first-order valence-corrected chi connectivity index (χ1v) is 12.9. The Labute approximate surface area is 226 Å². The fraction of sp³-hybridized carbons (Fsp3) is 0.212. The molecule has 0 aromatic heterocycles. The number of rotatable bonds is 8. The van der Waals surface area contributed by atoms with Crippen LogP contribution >= 0.6 is 0 Å². The van der Waals surface area contributed by atoms with Crippen molar-refractivity contribution in [2.75, 3.05) is 14.1 Å². The molecule has 5 nitrogen and oxygen atoms in total. The third-order valence-electron chi connectivity index (χ3n) is 6.40. The van der Waals surface area contributed by atoms with E-state index < -0.39 is 6.04 Å². The van der Waals surface area contributed by atoms with Crippen LogP contribution in [-0.4, -0.2) is 32.0 Å². The number of nitrogens with two attached hydrogens (primary N) is 1. The maximum absolute atomic E-state index is 11.5. The molecule has 4 N–H and O–H groups in total. The van der Waals surface area contributed by atoms with E-state index in [0.29, 0.717) is 6.42 Å². The quantitative estimate of drug-likeness (QED) is 0.305. The zero-order valence-corrected chi connectivity index (χ0v) is 22.4. The van der Waals surface area contributed by atoms with Gasteiger partial charge in [-0.15, -0.1) is 0 Å². The third kappa shape index (κ3) is 8.43. The molecule has 0 radical (unpaired) electrons. The van der Waals surface area contributed by atoms with Gasteiger partial charge in [-0.2, -0.15) is 0 Å². The van der Waals surface area contributed by atoms with Crippen LogP contribution in [0.15, 0.2) is 109 Å². The predicted octanol–water partition coefficient (Wildman–Crippen LogP) is 5.25. The Morgan fingerprint density at radius 3 is 1.34 bits per heavy atom. The number of likely N-dealkylation sites (N-methyl/N-ethyl adjacent to an activating group) is 1. The summed E-state index contributed by atoms with van der Waals surface area (Å²) in [6, 6.07) is 36.6. The highest BCUT2D eigenvalue weighted by Gasteiger charge is 2.12. The van der Waals surface area contributed by atoms with Gasteiger partial charge in [0.1, 0.15) is 0 Å². The fourth-order valence-electron chi connectivity index (χ4n) is 4.15. The largest absolute Gasteiger partial charge is 0.359 e. The summed E-state index contributed by atoms with van der Waals surface area (Å²) in [5, 5.41) is 5.24. The first-order chi connectivity index (χ1) is 18.4. The van der Waals surface area contributed by atoms with E-state index in [1.165, 1.54) is 22.3 Å². The highest BCUT2D eigenvalue weighted by Crippen LogP contribution is 2.21. The second-order valence-electron chi connectivity index (χ2n) is 9.27. The molecule has 4 aromatic rings. The van der Waals surface area contributed by atoms with Crippen LogP contribution in [0.4, 0.5) is 0 Å². The summed E-state index contributed by atoms with van der Waals surface area (Å²) in [4.78, 5) is 22.9. The summed E-state index contributed by atoms with van der Waals surface area (Å²) in [6.45, 7) is 1.95. The Kier molecular flexibility index (Phi) is 10.8. The molecule has 0 heterocycles. The van der Waals surface area contributed by atoms with E-state index in [-0.39, 0.29) is 17.7 Å². The van der Waals surface area contributed by atoms with Crippen LogP contribution in [0.3, 0.4) is 0 Å². The summed E-state index contributed by atoms with van der Waals surface area (Å²) in [5.74, 6) is -0.0353. The zero-order valence-electron chi connectivity index (χ0n) is 22.4. The number of benzene rings is 4. The summed E-state index contributed by atoms with van der Waals surface area (Å²) in [5.41, 5.74) is 12.8. The Morgan fingerprint density at radius 1 is 0.579 bits per heavy atom. The number of carbonyl (C=O) groups excluding carboxylic acids is 2. The van der Waals surface area contributed by atoms with Gasteiger partial charge >= 0.3 is 0 Å². The minimum Gasteiger partial charge on any atom is -0.359 e. The van der Waals surface area contributed by atoms with Crippen molar-refractivity contribution in [2.24, 2.45) is 11.7 Å². The minimum atomic E-state index is -0.493. The first-order valence-electron chi connectivity index (χ1n) is 12.9. The molecule has 0 spiro atoms. The zero-order chi connectivity index (χ0) is 27.3. The van der Waals surface area contributed by atoms with Gasteiger partial charge in [-0.25, -0.2) is 0 Å². The van der Waals surface area contributed by atoms with E-state index in [1.807, 2.05) is 55.5 Å². The number of carbonyl (C=O) groups is 2. The summed E-state index contributed by atoms with van der Waals surface area (Å²) in [6.07, 6.45) is 1.32. The van der Waals surface area contributed by atoms with Crippen LogP contribution in [0, 0.1) is 5.92 Å². The summed E-state index contributed by atoms with van der Waals surface area (Å²) >= 11 is 0. The topological polar surface area (TPSA) is 84.2 Å². The predicted molar refractivity (Wildman–Crippen MR) is 156 cm³/mol. The number of hydrogen-bond acceptors (Lipinski definition) is 3. The Balaban J connectivity index is 0.000000211. The molecule has 0 unspecified atom stereocenters. The molecule has 2 amide bonds.